The van der Waals surface area contributed by atoms with E-state index < -0.39 is 0 Å². The van der Waals surface area contributed by atoms with Gasteiger partial charge in [-0.2, -0.15) is 0 Å². The maximum Gasteiger partial charge on any atom is 0.261 e. The van der Waals surface area contributed by atoms with Gasteiger partial charge in [-0.05, 0) is 36.4 Å². The molecule has 3 aromatic rings. The Bertz CT molecular complexity index is 728. The molecule has 0 saturated heterocycles. The second kappa shape index (κ2) is 5.51. The van der Waals surface area contributed by atoms with Crippen molar-refractivity contribution >= 4 is 28.1 Å². The molecule has 0 aliphatic heterocycles. The van der Waals surface area contributed by atoms with E-state index in [0.717, 1.165) is 16.8 Å². The van der Waals surface area contributed by atoms with Crippen LogP contribution in [0, 0.1) is 6.92 Å². The molecule has 0 unspecified atom stereocenters. The Morgan fingerprint density at radius 1 is 1.25 bits per heavy atom. The first kappa shape index (κ1) is 12.9. The van der Waals surface area contributed by atoms with Crippen LogP contribution in [-0.4, -0.2) is 17.4 Å². The van der Waals surface area contributed by atoms with Crippen molar-refractivity contribution in [1.29, 1.82) is 0 Å². The molecule has 1 aromatic carbocycles. The van der Waals surface area contributed by atoms with Crippen molar-refractivity contribution in [3.8, 4) is 0 Å². The average molecular weight is 284 g/mol. The number of hydrogen-bond acceptors (Lipinski definition) is 2. The van der Waals surface area contributed by atoms with Crippen molar-refractivity contribution in [3.63, 3.8) is 0 Å². The van der Waals surface area contributed by atoms with Gasteiger partial charge in [0.25, 0.3) is 5.91 Å². The zero-order valence-corrected chi connectivity index (χ0v) is 12.1. The molecule has 2 N–H and O–H groups in total. The molecule has 1 amide bonds. The molecule has 0 fully saturated rings. The molecule has 2 heterocycles. The van der Waals surface area contributed by atoms with Gasteiger partial charge < -0.3 is 10.3 Å². The Morgan fingerprint density at radius 3 is 2.90 bits per heavy atom. The fourth-order valence-electron chi connectivity index (χ4n) is 2.45. The summed E-state index contributed by atoms with van der Waals surface area (Å²) < 4.78 is 0. The molecule has 102 valence electrons. The lowest BCUT2D eigenvalue weighted by atomic mass is 10.1. The number of para-hydroxylation sites is 1. The maximum absolute atomic E-state index is 11.9. The van der Waals surface area contributed by atoms with Crippen LogP contribution >= 0.6 is 11.3 Å². The first-order valence-corrected chi connectivity index (χ1v) is 7.51. The molecule has 2 aromatic heterocycles. The first-order valence-electron chi connectivity index (χ1n) is 6.63. The van der Waals surface area contributed by atoms with Crippen molar-refractivity contribution in [2.45, 2.75) is 13.3 Å². The van der Waals surface area contributed by atoms with E-state index >= 15 is 0 Å². The number of carbonyl (C=O) groups excluding carboxylic acids is 1. The smallest absolute Gasteiger partial charge is 0.261 e. The molecule has 3 nitrogen and oxygen atoms in total. The van der Waals surface area contributed by atoms with Crippen LogP contribution in [0.3, 0.4) is 0 Å². The highest BCUT2D eigenvalue weighted by molar-refractivity contribution is 7.12. The Kier molecular flexibility index (Phi) is 3.56. The van der Waals surface area contributed by atoms with Gasteiger partial charge in [0.05, 0.1) is 4.88 Å². The van der Waals surface area contributed by atoms with Gasteiger partial charge in [-0.15, -0.1) is 11.3 Å². The number of benzene rings is 1. The Labute approximate surface area is 121 Å². The highest BCUT2D eigenvalue weighted by Crippen LogP contribution is 2.21. The predicted octanol–water partition coefficient (Wildman–Crippen LogP) is 3.51. The van der Waals surface area contributed by atoms with Crippen LogP contribution in [0.15, 0.2) is 41.8 Å². The Hall–Kier alpha value is -2.07. The van der Waals surface area contributed by atoms with E-state index in [-0.39, 0.29) is 5.91 Å². The number of aryl methyl sites for hydroxylation is 1. The second-order valence-electron chi connectivity index (χ2n) is 4.76. The SMILES string of the molecule is Cc1[nH]c2ccccc2c1CCNC(=O)c1cccs1. The van der Waals surface area contributed by atoms with Crippen LogP contribution in [0.2, 0.25) is 0 Å². The van der Waals surface area contributed by atoms with E-state index in [9.17, 15) is 4.79 Å². The third-order valence-electron chi connectivity index (χ3n) is 3.43. The van der Waals surface area contributed by atoms with E-state index in [0.29, 0.717) is 6.54 Å². The fraction of sp³-hybridized carbons (Fsp3) is 0.188. The molecule has 0 saturated carbocycles. The summed E-state index contributed by atoms with van der Waals surface area (Å²) in [5.41, 5.74) is 3.62. The van der Waals surface area contributed by atoms with Gasteiger partial charge in [-0.3, -0.25) is 4.79 Å². The summed E-state index contributed by atoms with van der Waals surface area (Å²) in [6.07, 6.45) is 0.840. The molecule has 3 rings (SSSR count). The molecule has 0 radical (unpaired) electrons. The van der Waals surface area contributed by atoms with Crippen LogP contribution in [0.5, 0.6) is 0 Å². The molecule has 0 aliphatic carbocycles. The van der Waals surface area contributed by atoms with Gasteiger partial charge in [-0.1, -0.05) is 24.3 Å². The molecule has 4 heteroatoms. The van der Waals surface area contributed by atoms with Crippen molar-refractivity contribution in [2.24, 2.45) is 0 Å². The summed E-state index contributed by atoms with van der Waals surface area (Å²) in [7, 11) is 0. The quantitative estimate of drug-likeness (QED) is 0.756. The van der Waals surface area contributed by atoms with Crippen molar-refractivity contribution in [1.82, 2.24) is 10.3 Å². The topological polar surface area (TPSA) is 44.9 Å². The summed E-state index contributed by atoms with van der Waals surface area (Å²) in [4.78, 5) is 16.0. The number of thiophene rings is 1. The number of hydrogen-bond donors (Lipinski definition) is 2. The summed E-state index contributed by atoms with van der Waals surface area (Å²) in [6.45, 7) is 2.73. The van der Waals surface area contributed by atoms with Crippen LogP contribution in [0.4, 0.5) is 0 Å². The van der Waals surface area contributed by atoms with Crippen molar-refractivity contribution in [3.05, 3.63) is 57.9 Å². The van der Waals surface area contributed by atoms with Crippen LogP contribution in [0.25, 0.3) is 10.9 Å². The molecule has 0 aliphatic rings. The van der Waals surface area contributed by atoms with Crippen molar-refractivity contribution in [2.75, 3.05) is 6.54 Å². The minimum absolute atomic E-state index is 0.0116. The lowest BCUT2D eigenvalue weighted by Crippen LogP contribution is -2.24. The number of aromatic amines is 1. The predicted molar refractivity (Wildman–Crippen MR) is 83.4 cm³/mol. The molecular weight excluding hydrogens is 268 g/mol. The highest BCUT2D eigenvalue weighted by Gasteiger charge is 2.09. The van der Waals surface area contributed by atoms with E-state index in [4.69, 9.17) is 0 Å². The molecule has 0 spiro atoms. The fourth-order valence-corrected chi connectivity index (χ4v) is 3.09. The second-order valence-corrected chi connectivity index (χ2v) is 5.71. The number of amides is 1. The van der Waals surface area contributed by atoms with Crippen molar-refractivity contribution < 1.29 is 4.79 Å². The number of nitrogens with one attached hydrogen (secondary N) is 2. The van der Waals surface area contributed by atoms with Crippen LogP contribution < -0.4 is 5.32 Å². The van der Waals surface area contributed by atoms with Crippen LogP contribution in [0.1, 0.15) is 20.9 Å². The normalized spacial score (nSPS) is 10.8. The molecule has 20 heavy (non-hydrogen) atoms. The summed E-state index contributed by atoms with van der Waals surface area (Å²) in [5.74, 6) is 0.0116. The minimum atomic E-state index is 0.0116. The van der Waals surface area contributed by atoms with Gasteiger partial charge >= 0.3 is 0 Å². The average Bonchev–Trinajstić information content (AvgIpc) is 3.07. The highest BCUT2D eigenvalue weighted by atomic mass is 32.1. The zero-order valence-electron chi connectivity index (χ0n) is 11.3. The van der Waals surface area contributed by atoms with Gasteiger partial charge in [0.1, 0.15) is 0 Å². The molecule has 0 atom stereocenters. The largest absolute Gasteiger partial charge is 0.358 e. The van der Waals surface area contributed by atoms with E-state index in [1.54, 1.807) is 0 Å². The molecular formula is C16H16N2OS. The summed E-state index contributed by atoms with van der Waals surface area (Å²) in [5, 5.41) is 6.13. The Morgan fingerprint density at radius 2 is 2.10 bits per heavy atom. The minimum Gasteiger partial charge on any atom is -0.358 e. The van der Waals surface area contributed by atoms with Gasteiger partial charge in [-0.25, -0.2) is 0 Å². The van der Waals surface area contributed by atoms with Gasteiger partial charge in [0.2, 0.25) is 0 Å². The van der Waals surface area contributed by atoms with E-state index in [1.807, 2.05) is 29.6 Å². The van der Waals surface area contributed by atoms with Gasteiger partial charge in [0, 0.05) is 23.1 Å². The number of H-pyrrole nitrogens is 1. The third kappa shape index (κ3) is 2.47. The zero-order chi connectivity index (χ0) is 13.9. The van der Waals surface area contributed by atoms with Crippen LogP contribution in [-0.2, 0) is 6.42 Å². The standard InChI is InChI=1S/C16H16N2OS/c1-11-12(13-5-2-3-6-14(13)18-11)8-9-17-16(19)15-7-4-10-20-15/h2-7,10,18H,8-9H2,1H3,(H,17,19). The lowest BCUT2D eigenvalue weighted by molar-refractivity contribution is 0.0958. The van der Waals surface area contributed by atoms with Gasteiger partial charge in [0.15, 0.2) is 0 Å². The first-order chi connectivity index (χ1) is 9.75. The maximum atomic E-state index is 11.9. The third-order valence-corrected chi connectivity index (χ3v) is 4.30. The lowest BCUT2D eigenvalue weighted by Gasteiger charge is -2.04. The Balaban J connectivity index is 1.68. The number of fused-ring (bicyclic) bond motifs is 1. The molecule has 0 bridgehead atoms. The van der Waals surface area contributed by atoms with E-state index in [2.05, 4.69) is 29.4 Å². The number of rotatable bonds is 4. The van der Waals surface area contributed by atoms with E-state index in [1.165, 1.54) is 28.0 Å². The monoisotopic (exact) mass is 284 g/mol. The summed E-state index contributed by atoms with van der Waals surface area (Å²) >= 11 is 1.47. The number of carbonyl (C=O) groups is 1. The summed E-state index contributed by atoms with van der Waals surface area (Å²) in [6, 6.07) is 12.0. The number of aromatic nitrogens is 1.